The number of aromatic amines is 1. The van der Waals surface area contributed by atoms with E-state index in [4.69, 9.17) is 5.73 Å². The van der Waals surface area contributed by atoms with Crippen molar-refractivity contribution in [3.8, 4) is 0 Å². The Morgan fingerprint density at radius 3 is 2.93 bits per heavy atom. The Balaban J connectivity index is 2.37. The average molecular weight is 191 g/mol. The van der Waals surface area contributed by atoms with Crippen molar-refractivity contribution in [2.45, 2.75) is 6.10 Å². The lowest BCUT2D eigenvalue weighted by atomic mass is 10.1. The fourth-order valence-corrected chi connectivity index (χ4v) is 1.16. The molecule has 1 atom stereocenters. The fourth-order valence-electron chi connectivity index (χ4n) is 1.16. The minimum Gasteiger partial charge on any atom is -0.383 e. The van der Waals surface area contributed by atoms with Crippen molar-refractivity contribution < 1.29 is 5.11 Å². The quantitative estimate of drug-likeness (QED) is 0.613. The van der Waals surface area contributed by atoms with Gasteiger partial charge in [-0.15, -0.1) is 0 Å². The van der Waals surface area contributed by atoms with Crippen LogP contribution in [0.2, 0.25) is 0 Å². The van der Waals surface area contributed by atoms with Gasteiger partial charge in [0.05, 0.1) is 0 Å². The lowest BCUT2D eigenvalue weighted by molar-refractivity contribution is 0.211. The number of nitrogens with zero attached hydrogens (tertiary/aromatic N) is 3. The first-order chi connectivity index (χ1) is 6.79. The minimum atomic E-state index is -0.911. The molecule has 0 spiro atoms. The third-order valence-electron chi connectivity index (χ3n) is 1.86. The number of H-pyrrole nitrogens is 1. The van der Waals surface area contributed by atoms with Crippen LogP contribution in [0.1, 0.15) is 17.5 Å². The molecular weight excluding hydrogens is 182 g/mol. The maximum Gasteiger partial charge on any atom is 0.157 e. The maximum atomic E-state index is 9.81. The normalized spacial score (nSPS) is 12.6. The zero-order valence-electron chi connectivity index (χ0n) is 7.25. The summed E-state index contributed by atoms with van der Waals surface area (Å²) in [5, 5.41) is 16.0. The summed E-state index contributed by atoms with van der Waals surface area (Å²) in [7, 11) is 0. The first-order valence-corrected chi connectivity index (χ1v) is 4.02. The van der Waals surface area contributed by atoms with Gasteiger partial charge in [0.1, 0.15) is 18.2 Å². The zero-order valence-corrected chi connectivity index (χ0v) is 7.25. The molecule has 1 unspecified atom stereocenters. The Morgan fingerprint density at radius 1 is 1.43 bits per heavy atom. The van der Waals surface area contributed by atoms with Crippen LogP contribution in [0.3, 0.4) is 0 Å². The number of aliphatic hydroxyl groups is 1. The van der Waals surface area contributed by atoms with Gasteiger partial charge in [-0.05, 0) is 6.07 Å². The molecule has 0 aliphatic carbocycles. The molecule has 0 bridgehead atoms. The summed E-state index contributed by atoms with van der Waals surface area (Å²) in [6.45, 7) is 0. The van der Waals surface area contributed by atoms with Gasteiger partial charge in [-0.2, -0.15) is 5.10 Å². The summed E-state index contributed by atoms with van der Waals surface area (Å²) in [6.07, 6.45) is 1.98. The van der Waals surface area contributed by atoms with E-state index >= 15 is 0 Å². The van der Waals surface area contributed by atoms with Crippen molar-refractivity contribution in [2.24, 2.45) is 0 Å². The number of hydrogen-bond acceptors (Lipinski definition) is 5. The second kappa shape index (κ2) is 3.43. The van der Waals surface area contributed by atoms with E-state index in [9.17, 15) is 5.11 Å². The Morgan fingerprint density at radius 2 is 2.29 bits per heavy atom. The highest BCUT2D eigenvalue weighted by Crippen LogP contribution is 2.21. The van der Waals surface area contributed by atoms with Crippen molar-refractivity contribution in [3.63, 3.8) is 0 Å². The molecule has 0 aliphatic rings. The van der Waals surface area contributed by atoms with Crippen LogP contribution in [0.5, 0.6) is 0 Å². The van der Waals surface area contributed by atoms with Crippen molar-refractivity contribution >= 4 is 5.82 Å². The molecule has 0 saturated heterocycles. The van der Waals surface area contributed by atoms with Crippen LogP contribution in [0.15, 0.2) is 24.7 Å². The predicted octanol–water partition coefficient (Wildman–Crippen LogP) is -0.136. The van der Waals surface area contributed by atoms with E-state index in [1.807, 2.05) is 0 Å². The number of pyridine rings is 1. The van der Waals surface area contributed by atoms with E-state index < -0.39 is 6.10 Å². The van der Waals surface area contributed by atoms with E-state index in [1.165, 1.54) is 6.33 Å². The standard InChI is InChI=1S/C8H9N5O/c9-7-5(2-1-3-10-7)6(14)8-11-4-12-13-8/h1-4,6,14H,(H2,9,10)(H,11,12,13). The molecule has 0 radical (unpaired) electrons. The Hall–Kier alpha value is -1.95. The van der Waals surface area contributed by atoms with Gasteiger partial charge < -0.3 is 10.8 Å². The van der Waals surface area contributed by atoms with Gasteiger partial charge in [-0.25, -0.2) is 9.97 Å². The third kappa shape index (κ3) is 1.42. The number of hydrogen-bond donors (Lipinski definition) is 3. The van der Waals surface area contributed by atoms with Crippen LogP contribution in [-0.4, -0.2) is 25.3 Å². The number of rotatable bonds is 2. The van der Waals surface area contributed by atoms with E-state index in [1.54, 1.807) is 18.3 Å². The van der Waals surface area contributed by atoms with Gasteiger partial charge in [0.25, 0.3) is 0 Å². The Kier molecular flexibility index (Phi) is 2.11. The number of anilines is 1. The van der Waals surface area contributed by atoms with Gasteiger partial charge in [0.15, 0.2) is 5.82 Å². The minimum absolute atomic E-state index is 0.288. The highest BCUT2D eigenvalue weighted by molar-refractivity contribution is 5.41. The molecular formula is C8H9N5O. The molecule has 0 aliphatic heterocycles. The fraction of sp³-hybridized carbons (Fsp3) is 0.125. The second-order valence-corrected chi connectivity index (χ2v) is 2.75. The number of aliphatic hydroxyl groups excluding tert-OH is 1. The van der Waals surface area contributed by atoms with Crippen LogP contribution >= 0.6 is 0 Å². The van der Waals surface area contributed by atoms with Crippen LogP contribution < -0.4 is 5.73 Å². The lowest BCUT2D eigenvalue weighted by Crippen LogP contribution is -2.06. The molecule has 0 amide bonds. The number of nitrogen functional groups attached to an aromatic ring is 1. The zero-order chi connectivity index (χ0) is 9.97. The second-order valence-electron chi connectivity index (χ2n) is 2.75. The number of nitrogens with one attached hydrogen (secondary N) is 1. The molecule has 4 N–H and O–H groups in total. The molecule has 2 aromatic heterocycles. The largest absolute Gasteiger partial charge is 0.383 e. The summed E-state index contributed by atoms with van der Waals surface area (Å²) in [5.74, 6) is 0.640. The van der Waals surface area contributed by atoms with Gasteiger partial charge in [0.2, 0.25) is 0 Å². The van der Waals surface area contributed by atoms with Crippen molar-refractivity contribution in [2.75, 3.05) is 5.73 Å². The molecule has 0 aromatic carbocycles. The van der Waals surface area contributed by atoms with Gasteiger partial charge in [0, 0.05) is 11.8 Å². The molecule has 6 heteroatoms. The van der Waals surface area contributed by atoms with E-state index in [0.29, 0.717) is 11.4 Å². The topological polar surface area (TPSA) is 101 Å². The number of aromatic nitrogens is 4. The highest BCUT2D eigenvalue weighted by Gasteiger charge is 2.15. The summed E-state index contributed by atoms with van der Waals surface area (Å²) < 4.78 is 0. The summed E-state index contributed by atoms with van der Waals surface area (Å²) in [6, 6.07) is 3.39. The smallest absolute Gasteiger partial charge is 0.157 e. The van der Waals surface area contributed by atoms with Crippen LogP contribution in [0.25, 0.3) is 0 Å². The molecule has 14 heavy (non-hydrogen) atoms. The van der Waals surface area contributed by atoms with Crippen LogP contribution in [0, 0.1) is 0 Å². The van der Waals surface area contributed by atoms with Gasteiger partial charge in [-0.3, -0.25) is 5.10 Å². The van der Waals surface area contributed by atoms with Crippen molar-refractivity contribution in [1.82, 2.24) is 20.2 Å². The molecule has 0 saturated carbocycles. The maximum absolute atomic E-state index is 9.81. The van der Waals surface area contributed by atoms with Gasteiger partial charge >= 0.3 is 0 Å². The predicted molar refractivity (Wildman–Crippen MR) is 49.1 cm³/mol. The first-order valence-electron chi connectivity index (χ1n) is 4.02. The molecule has 2 heterocycles. The first kappa shape index (κ1) is 8.64. The lowest BCUT2D eigenvalue weighted by Gasteiger charge is -2.08. The van der Waals surface area contributed by atoms with E-state index in [2.05, 4.69) is 20.2 Å². The molecule has 2 rings (SSSR count). The average Bonchev–Trinajstić information content (AvgIpc) is 2.70. The van der Waals surface area contributed by atoms with Crippen LogP contribution in [-0.2, 0) is 0 Å². The summed E-state index contributed by atoms with van der Waals surface area (Å²) in [4.78, 5) is 7.70. The summed E-state index contributed by atoms with van der Waals surface area (Å²) in [5.41, 5.74) is 6.11. The third-order valence-corrected chi connectivity index (χ3v) is 1.86. The Bertz CT molecular complexity index is 413. The van der Waals surface area contributed by atoms with Crippen molar-refractivity contribution in [1.29, 1.82) is 0 Å². The number of nitrogens with two attached hydrogens (primary N) is 1. The van der Waals surface area contributed by atoms with Crippen molar-refractivity contribution in [3.05, 3.63) is 36.0 Å². The SMILES string of the molecule is Nc1ncccc1C(O)c1ncn[nH]1. The molecule has 72 valence electrons. The molecule has 2 aromatic rings. The molecule has 6 nitrogen and oxygen atoms in total. The molecule has 0 fully saturated rings. The van der Waals surface area contributed by atoms with Crippen LogP contribution in [0.4, 0.5) is 5.82 Å². The van der Waals surface area contributed by atoms with E-state index in [0.717, 1.165) is 0 Å². The van der Waals surface area contributed by atoms with E-state index in [-0.39, 0.29) is 5.82 Å². The highest BCUT2D eigenvalue weighted by atomic mass is 16.3. The summed E-state index contributed by atoms with van der Waals surface area (Å²) >= 11 is 0. The monoisotopic (exact) mass is 191 g/mol. The van der Waals surface area contributed by atoms with Gasteiger partial charge in [-0.1, -0.05) is 6.07 Å². The Labute approximate surface area is 79.8 Å².